The lowest BCUT2D eigenvalue weighted by Crippen LogP contribution is -2.38. The molecule has 0 aromatic heterocycles. The molecular formula is C21H20F5NO3S. The minimum Gasteiger partial charge on any atom is -0.404 e. The van der Waals surface area contributed by atoms with Gasteiger partial charge in [-0.1, -0.05) is 6.07 Å². The minimum atomic E-state index is -5.04. The topological polar surface area (TPSA) is 46.6 Å². The fourth-order valence-corrected chi connectivity index (χ4v) is 5.00. The molecule has 1 aliphatic heterocycles. The Bertz CT molecular complexity index is 987. The Kier molecular flexibility index (Phi) is 6.98. The molecule has 31 heavy (non-hydrogen) atoms. The molecule has 1 unspecified atom stereocenters. The van der Waals surface area contributed by atoms with Crippen LogP contribution in [0.15, 0.2) is 41.3 Å². The van der Waals surface area contributed by atoms with E-state index < -0.39 is 34.5 Å². The highest BCUT2D eigenvalue weighted by Crippen LogP contribution is 2.35. The highest BCUT2D eigenvalue weighted by atomic mass is 32.2. The first-order valence-corrected chi connectivity index (χ1v) is 10.8. The Morgan fingerprint density at radius 2 is 1.81 bits per heavy atom. The van der Waals surface area contributed by atoms with Gasteiger partial charge in [-0.3, -0.25) is 9.00 Å². The monoisotopic (exact) mass is 461 g/mol. The first kappa shape index (κ1) is 23.2. The van der Waals surface area contributed by atoms with Crippen molar-refractivity contribution in [3.05, 3.63) is 48.0 Å². The third kappa shape index (κ3) is 6.03. The lowest BCUT2D eigenvalue weighted by atomic mass is 9.99. The van der Waals surface area contributed by atoms with Gasteiger partial charge < -0.3 is 9.64 Å². The summed E-state index contributed by atoms with van der Waals surface area (Å²) in [4.78, 5) is 12.9. The molecule has 0 aliphatic carbocycles. The van der Waals surface area contributed by atoms with Crippen molar-refractivity contribution in [2.45, 2.75) is 31.0 Å². The van der Waals surface area contributed by atoms with Gasteiger partial charge in [0.15, 0.2) is 0 Å². The van der Waals surface area contributed by atoms with Crippen LogP contribution in [0.1, 0.15) is 19.8 Å². The number of carbonyl (C=O) groups excluding carboxylic acids is 1. The van der Waals surface area contributed by atoms with E-state index in [0.29, 0.717) is 32.0 Å². The maximum atomic E-state index is 14.1. The molecule has 0 radical (unpaired) electrons. The van der Waals surface area contributed by atoms with Gasteiger partial charge in [-0.15, -0.1) is 13.2 Å². The van der Waals surface area contributed by atoms with Crippen molar-refractivity contribution >= 4 is 16.7 Å². The second kappa shape index (κ2) is 9.33. The molecule has 1 heterocycles. The van der Waals surface area contributed by atoms with Crippen LogP contribution in [0.2, 0.25) is 0 Å². The molecule has 10 heteroatoms. The van der Waals surface area contributed by atoms with Gasteiger partial charge >= 0.3 is 6.36 Å². The summed E-state index contributed by atoms with van der Waals surface area (Å²) in [5.74, 6) is -2.41. The smallest absolute Gasteiger partial charge is 0.404 e. The molecule has 3 rings (SSSR count). The molecule has 0 bridgehead atoms. The highest BCUT2D eigenvalue weighted by Gasteiger charge is 2.33. The van der Waals surface area contributed by atoms with Crippen molar-refractivity contribution < 1.29 is 35.7 Å². The number of alkyl halides is 3. The van der Waals surface area contributed by atoms with E-state index in [4.69, 9.17) is 0 Å². The summed E-state index contributed by atoms with van der Waals surface area (Å²) >= 11 is 0. The van der Waals surface area contributed by atoms with Gasteiger partial charge in [-0.2, -0.15) is 0 Å². The van der Waals surface area contributed by atoms with E-state index in [0.717, 1.165) is 18.2 Å². The normalized spacial score (nSPS) is 16.3. The van der Waals surface area contributed by atoms with Gasteiger partial charge in [0.25, 0.3) is 0 Å². The molecule has 0 saturated carbocycles. The van der Waals surface area contributed by atoms with Crippen LogP contribution in [0.5, 0.6) is 5.75 Å². The van der Waals surface area contributed by atoms with E-state index in [1.54, 1.807) is 4.90 Å². The first-order valence-electron chi connectivity index (χ1n) is 9.52. The number of piperidine rings is 1. The molecule has 1 aliphatic rings. The van der Waals surface area contributed by atoms with Gasteiger partial charge in [0.05, 0.1) is 15.7 Å². The van der Waals surface area contributed by atoms with Crippen LogP contribution in [0.25, 0.3) is 11.1 Å². The average Bonchev–Trinajstić information content (AvgIpc) is 2.67. The largest absolute Gasteiger partial charge is 0.573 e. The van der Waals surface area contributed by atoms with Crippen LogP contribution in [0, 0.1) is 17.6 Å². The molecule has 0 N–H and O–H groups in total. The predicted molar refractivity (Wildman–Crippen MR) is 105 cm³/mol. The van der Waals surface area contributed by atoms with Crippen molar-refractivity contribution in [3.8, 4) is 16.9 Å². The summed E-state index contributed by atoms with van der Waals surface area (Å²) in [6, 6.07) is 6.21. The zero-order valence-corrected chi connectivity index (χ0v) is 17.4. The number of likely N-dealkylation sites (tertiary alicyclic amines) is 1. The third-order valence-electron chi connectivity index (χ3n) is 5.10. The molecule has 1 fully saturated rings. The minimum absolute atomic E-state index is 0.0237. The number of benzene rings is 2. The SMILES string of the molecule is CC(=O)N1CCC(CS(=O)c2ccc(-c3ccc(F)cc3F)cc2OC(F)(F)F)CC1. The molecular weight excluding hydrogens is 441 g/mol. The molecule has 4 nitrogen and oxygen atoms in total. The number of halogens is 5. The van der Waals surface area contributed by atoms with Crippen LogP contribution in [0.4, 0.5) is 22.0 Å². The van der Waals surface area contributed by atoms with E-state index in [-0.39, 0.29) is 33.6 Å². The zero-order valence-electron chi connectivity index (χ0n) is 16.5. The van der Waals surface area contributed by atoms with Gasteiger partial charge in [0.1, 0.15) is 17.4 Å². The maximum Gasteiger partial charge on any atom is 0.573 e. The lowest BCUT2D eigenvalue weighted by Gasteiger charge is -2.31. The number of carbonyl (C=O) groups is 1. The van der Waals surface area contributed by atoms with Gasteiger partial charge in [0.2, 0.25) is 5.91 Å². The number of rotatable bonds is 5. The Morgan fingerprint density at radius 1 is 1.13 bits per heavy atom. The van der Waals surface area contributed by atoms with Crippen molar-refractivity contribution in [2.24, 2.45) is 5.92 Å². The van der Waals surface area contributed by atoms with E-state index in [9.17, 15) is 31.0 Å². The van der Waals surface area contributed by atoms with Crippen LogP contribution >= 0.6 is 0 Å². The van der Waals surface area contributed by atoms with Crippen LogP contribution < -0.4 is 4.74 Å². The Morgan fingerprint density at radius 3 is 2.39 bits per heavy atom. The van der Waals surface area contributed by atoms with E-state index in [1.165, 1.54) is 19.1 Å². The van der Waals surface area contributed by atoms with Gasteiger partial charge in [0, 0.05) is 37.4 Å². The summed E-state index contributed by atoms with van der Waals surface area (Å²) in [6.07, 6.45) is -3.84. The van der Waals surface area contributed by atoms with E-state index in [1.807, 2.05) is 0 Å². The van der Waals surface area contributed by atoms with Crippen LogP contribution in [-0.2, 0) is 15.6 Å². The maximum absolute atomic E-state index is 14.1. The summed E-state index contributed by atoms with van der Waals surface area (Å²) in [6.45, 7) is 2.47. The standard InChI is InChI=1S/C21H20F5NO3S/c1-13(28)27-8-6-14(7-9-27)12-31(29)20-5-2-15(10-19(20)30-21(24,25)26)17-4-3-16(22)11-18(17)23/h2-5,10-11,14H,6-9,12H2,1H3. The van der Waals surface area contributed by atoms with Crippen molar-refractivity contribution in [2.75, 3.05) is 18.8 Å². The number of nitrogens with zero attached hydrogens (tertiary/aromatic N) is 1. The lowest BCUT2D eigenvalue weighted by molar-refractivity contribution is -0.275. The zero-order chi connectivity index (χ0) is 22.8. The molecule has 1 atom stereocenters. The fourth-order valence-electron chi connectivity index (χ4n) is 3.51. The Labute approximate surface area is 178 Å². The molecule has 2 aromatic rings. The van der Waals surface area contributed by atoms with Crippen LogP contribution in [0.3, 0.4) is 0 Å². The molecule has 0 spiro atoms. The van der Waals surface area contributed by atoms with E-state index >= 15 is 0 Å². The van der Waals surface area contributed by atoms with Gasteiger partial charge in [-0.25, -0.2) is 8.78 Å². The van der Waals surface area contributed by atoms with Crippen molar-refractivity contribution in [1.29, 1.82) is 0 Å². The summed E-state index contributed by atoms with van der Waals surface area (Å²) in [7, 11) is -1.81. The summed E-state index contributed by atoms with van der Waals surface area (Å²) in [5.41, 5.74) is -0.0744. The second-order valence-electron chi connectivity index (χ2n) is 7.30. The third-order valence-corrected chi connectivity index (χ3v) is 6.71. The molecule has 168 valence electrons. The number of ether oxygens (including phenoxy) is 1. The van der Waals surface area contributed by atoms with Crippen molar-refractivity contribution in [3.63, 3.8) is 0 Å². The summed E-state index contributed by atoms with van der Waals surface area (Å²) in [5, 5.41) is 0. The second-order valence-corrected chi connectivity index (χ2v) is 8.76. The Hall–Kier alpha value is -2.49. The van der Waals surface area contributed by atoms with Crippen LogP contribution in [-0.4, -0.2) is 40.2 Å². The first-order chi connectivity index (χ1) is 14.5. The Balaban J connectivity index is 1.85. The number of hydrogen-bond donors (Lipinski definition) is 0. The quantitative estimate of drug-likeness (QED) is 0.596. The van der Waals surface area contributed by atoms with E-state index in [2.05, 4.69) is 4.74 Å². The van der Waals surface area contributed by atoms with Gasteiger partial charge in [-0.05, 0) is 48.6 Å². The average molecular weight is 461 g/mol. The highest BCUT2D eigenvalue weighted by molar-refractivity contribution is 7.85. The molecule has 1 amide bonds. The summed E-state index contributed by atoms with van der Waals surface area (Å²) < 4.78 is 83.0. The fraction of sp³-hybridized carbons (Fsp3) is 0.381. The molecule has 1 saturated heterocycles. The van der Waals surface area contributed by atoms with Crippen molar-refractivity contribution in [1.82, 2.24) is 4.90 Å². The predicted octanol–water partition coefficient (Wildman–Crippen LogP) is 4.90. The number of hydrogen-bond acceptors (Lipinski definition) is 3. The molecule has 2 aromatic carbocycles. The number of amides is 1.